The van der Waals surface area contributed by atoms with Gasteiger partial charge in [-0.25, -0.2) is 9.67 Å². The average Bonchev–Trinajstić information content (AvgIpc) is 3.38. The van der Waals surface area contributed by atoms with Crippen molar-refractivity contribution in [1.82, 2.24) is 14.8 Å². The van der Waals surface area contributed by atoms with E-state index in [9.17, 15) is 9.59 Å². The number of nitrogens with one attached hydrogen (secondary N) is 1. The smallest absolute Gasteiger partial charge is 0.265 e. The van der Waals surface area contributed by atoms with Gasteiger partial charge in [0.2, 0.25) is 5.91 Å². The summed E-state index contributed by atoms with van der Waals surface area (Å²) >= 11 is 0. The van der Waals surface area contributed by atoms with Crippen LogP contribution in [-0.2, 0) is 14.4 Å². The quantitative estimate of drug-likeness (QED) is 0.325. The van der Waals surface area contributed by atoms with E-state index >= 15 is 0 Å². The number of carbonyl (C=O) groups is 2. The minimum atomic E-state index is -0.413. The zero-order valence-corrected chi connectivity index (χ0v) is 18.5. The largest absolute Gasteiger partial charge is 0.384 e. The van der Waals surface area contributed by atoms with Gasteiger partial charge in [-0.05, 0) is 50.6 Å². The number of para-hydroxylation sites is 2. The van der Waals surface area contributed by atoms with E-state index in [1.165, 1.54) is 0 Å². The maximum absolute atomic E-state index is 12.3. The Labute approximate surface area is 191 Å². The van der Waals surface area contributed by atoms with E-state index in [1.807, 2.05) is 26.0 Å². The van der Waals surface area contributed by atoms with Gasteiger partial charge in [0.25, 0.3) is 5.91 Å². The van der Waals surface area contributed by atoms with Gasteiger partial charge in [-0.3, -0.25) is 9.59 Å². The monoisotopic (exact) mass is 447 g/mol. The third-order valence-corrected chi connectivity index (χ3v) is 5.17. The van der Waals surface area contributed by atoms with Gasteiger partial charge in [0.1, 0.15) is 0 Å². The van der Waals surface area contributed by atoms with Gasteiger partial charge in [-0.1, -0.05) is 17.3 Å². The molecule has 3 N–H and O–H groups in total. The Balaban J connectivity index is 1.35. The van der Waals surface area contributed by atoms with Crippen LogP contribution in [0.15, 0.2) is 53.8 Å². The lowest BCUT2D eigenvalue weighted by Gasteiger charge is -2.19. The molecule has 1 aromatic carbocycles. The summed E-state index contributed by atoms with van der Waals surface area (Å²) in [5.74, 6) is 0.386. The molecule has 1 fully saturated rings. The molecule has 170 valence electrons. The maximum atomic E-state index is 12.3. The lowest BCUT2D eigenvalue weighted by molar-refractivity contribution is -0.120. The van der Waals surface area contributed by atoms with Crippen LogP contribution in [-0.4, -0.2) is 45.6 Å². The summed E-state index contributed by atoms with van der Waals surface area (Å²) in [4.78, 5) is 35.6. The van der Waals surface area contributed by atoms with Crippen molar-refractivity contribution in [2.45, 2.75) is 26.7 Å². The Morgan fingerprint density at radius 3 is 2.73 bits per heavy atom. The summed E-state index contributed by atoms with van der Waals surface area (Å²) in [5, 5.41) is 11.0. The Bertz CT molecular complexity index is 1200. The number of hydrogen-bond donors (Lipinski definition) is 2. The molecule has 0 spiro atoms. The van der Waals surface area contributed by atoms with E-state index in [1.54, 1.807) is 46.1 Å². The summed E-state index contributed by atoms with van der Waals surface area (Å²) in [6.07, 6.45) is 2.88. The molecule has 10 heteroatoms. The van der Waals surface area contributed by atoms with Crippen LogP contribution in [0.5, 0.6) is 0 Å². The van der Waals surface area contributed by atoms with Crippen LogP contribution in [0.25, 0.3) is 5.82 Å². The fourth-order valence-corrected chi connectivity index (χ4v) is 3.64. The van der Waals surface area contributed by atoms with Crippen molar-refractivity contribution in [1.29, 1.82) is 0 Å². The van der Waals surface area contributed by atoms with Gasteiger partial charge in [0, 0.05) is 30.4 Å². The number of aryl methyl sites for hydroxylation is 2. The van der Waals surface area contributed by atoms with Gasteiger partial charge in [0.15, 0.2) is 18.3 Å². The Kier molecular flexibility index (Phi) is 6.34. The maximum Gasteiger partial charge on any atom is 0.265 e. The molecule has 0 atom stereocenters. The summed E-state index contributed by atoms with van der Waals surface area (Å²) in [7, 11) is 0. The van der Waals surface area contributed by atoms with Crippen molar-refractivity contribution >= 4 is 29.0 Å². The number of benzene rings is 1. The second kappa shape index (κ2) is 9.51. The number of carbonyl (C=O) groups excluding carboxylic acids is 2. The number of anilines is 2. The lowest BCUT2D eigenvalue weighted by Crippen LogP contribution is -2.26. The number of oxime groups is 1. The molecule has 33 heavy (non-hydrogen) atoms. The molecule has 2 amide bonds. The van der Waals surface area contributed by atoms with Gasteiger partial charge in [-0.2, -0.15) is 5.10 Å². The number of nitrogens with zero attached hydrogens (tertiary/aromatic N) is 5. The Morgan fingerprint density at radius 1 is 1.24 bits per heavy atom. The van der Waals surface area contributed by atoms with E-state index in [2.05, 4.69) is 20.6 Å². The first-order valence-electron chi connectivity index (χ1n) is 10.6. The number of amidine groups is 1. The van der Waals surface area contributed by atoms with Crippen molar-refractivity contribution < 1.29 is 14.4 Å². The van der Waals surface area contributed by atoms with Gasteiger partial charge >= 0.3 is 0 Å². The molecule has 0 saturated carbocycles. The minimum Gasteiger partial charge on any atom is -0.384 e. The second-order valence-electron chi connectivity index (χ2n) is 7.71. The molecule has 0 bridgehead atoms. The van der Waals surface area contributed by atoms with E-state index in [-0.39, 0.29) is 18.3 Å². The summed E-state index contributed by atoms with van der Waals surface area (Å²) in [5.41, 5.74) is 9.61. The lowest BCUT2D eigenvalue weighted by atomic mass is 10.2. The van der Waals surface area contributed by atoms with Gasteiger partial charge in [-0.15, -0.1) is 0 Å². The average molecular weight is 447 g/mol. The van der Waals surface area contributed by atoms with Crippen molar-refractivity contribution in [3.63, 3.8) is 0 Å². The van der Waals surface area contributed by atoms with E-state index in [0.29, 0.717) is 35.7 Å². The van der Waals surface area contributed by atoms with Gasteiger partial charge < -0.3 is 20.8 Å². The first kappa shape index (κ1) is 22.0. The van der Waals surface area contributed by atoms with Crippen molar-refractivity contribution in [2.24, 2.45) is 10.9 Å². The molecule has 0 unspecified atom stereocenters. The molecule has 4 rings (SSSR count). The van der Waals surface area contributed by atoms with E-state index in [4.69, 9.17) is 10.6 Å². The molecular formula is C23H25N7O3. The first-order chi connectivity index (χ1) is 15.9. The van der Waals surface area contributed by atoms with Crippen molar-refractivity contribution in [2.75, 3.05) is 23.4 Å². The van der Waals surface area contributed by atoms with Crippen molar-refractivity contribution in [3.8, 4) is 5.82 Å². The molecule has 10 nitrogen and oxygen atoms in total. The second-order valence-corrected chi connectivity index (χ2v) is 7.71. The van der Waals surface area contributed by atoms with E-state index < -0.39 is 5.91 Å². The molecule has 3 heterocycles. The third kappa shape index (κ3) is 5.00. The minimum absolute atomic E-state index is 0.0443. The normalized spacial score (nSPS) is 13.9. The SMILES string of the molecule is Cc1cc(C)n(-c2ccc(/C(N)=N/OCC(=O)Nc3ccccc3N3CCCC3=O)cn2)n1. The molecule has 1 aliphatic heterocycles. The van der Waals surface area contributed by atoms with Crippen LogP contribution in [0, 0.1) is 13.8 Å². The molecule has 3 aromatic rings. The number of aromatic nitrogens is 3. The molecule has 0 aliphatic carbocycles. The standard InChI is InChI=1S/C23H25N7O3/c1-15-12-16(2)30(27-15)20-10-9-17(13-25-20)23(24)28-33-14-21(31)26-18-6-3-4-7-19(18)29-11-5-8-22(29)32/h3-4,6-7,9-10,12-13H,5,8,11,14H2,1-2H3,(H2,24,28)(H,26,31). The number of amides is 2. The summed E-state index contributed by atoms with van der Waals surface area (Å²) in [6, 6.07) is 12.7. The van der Waals surface area contributed by atoms with Crippen LogP contribution in [0.3, 0.4) is 0 Å². The van der Waals surface area contributed by atoms with E-state index in [0.717, 1.165) is 17.8 Å². The highest BCUT2D eigenvalue weighted by molar-refractivity contribution is 6.02. The molecule has 1 aliphatic rings. The predicted molar refractivity (Wildman–Crippen MR) is 124 cm³/mol. The zero-order valence-electron chi connectivity index (χ0n) is 18.5. The Hall–Kier alpha value is -4.21. The van der Waals surface area contributed by atoms with Crippen LogP contribution in [0.2, 0.25) is 0 Å². The summed E-state index contributed by atoms with van der Waals surface area (Å²) in [6.45, 7) is 4.17. The fraction of sp³-hybridized carbons (Fsp3) is 0.261. The zero-order chi connectivity index (χ0) is 23.4. The molecule has 0 radical (unpaired) electrons. The number of hydrogen-bond acceptors (Lipinski definition) is 6. The highest BCUT2D eigenvalue weighted by Crippen LogP contribution is 2.29. The molecular weight excluding hydrogens is 422 g/mol. The number of rotatable bonds is 7. The Morgan fingerprint density at radius 2 is 2.06 bits per heavy atom. The van der Waals surface area contributed by atoms with Crippen LogP contribution >= 0.6 is 0 Å². The predicted octanol–water partition coefficient (Wildman–Crippen LogP) is 2.29. The van der Waals surface area contributed by atoms with Gasteiger partial charge in [0.05, 0.1) is 17.1 Å². The topological polar surface area (TPSA) is 128 Å². The van der Waals surface area contributed by atoms with Crippen molar-refractivity contribution in [3.05, 3.63) is 65.6 Å². The highest BCUT2D eigenvalue weighted by Gasteiger charge is 2.24. The number of pyridine rings is 1. The summed E-state index contributed by atoms with van der Waals surface area (Å²) < 4.78 is 1.74. The fourth-order valence-electron chi connectivity index (χ4n) is 3.64. The molecule has 2 aromatic heterocycles. The first-order valence-corrected chi connectivity index (χ1v) is 10.6. The molecule has 1 saturated heterocycles. The van der Waals surface area contributed by atoms with Crippen LogP contribution in [0.4, 0.5) is 11.4 Å². The van der Waals surface area contributed by atoms with Crippen LogP contribution < -0.4 is 16.0 Å². The number of nitrogens with two attached hydrogens (primary N) is 1. The van der Waals surface area contributed by atoms with Crippen LogP contribution in [0.1, 0.15) is 29.8 Å². The third-order valence-electron chi connectivity index (χ3n) is 5.17. The highest BCUT2D eigenvalue weighted by atomic mass is 16.6.